The number of ether oxygens (including phenoxy) is 1. The molecule has 1 aromatic heterocycles. The van der Waals surface area contributed by atoms with Crippen LogP contribution in [0.2, 0.25) is 0 Å². The number of piperidine rings is 1. The molecule has 4 nitrogen and oxygen atoms in total. The maximum absolute atomic E-state index is 13.9. The smallest absolute Gasteiger partial charge is 0.164 e. The van der Waals surface area contributed by atoms with Gasteiger partial charge in [0.2, 0.25) is 0 Å². The van der Waals surface area contributed by atoms with E-state index in [0.717, 1.165) is 25.9 Å². The number of anilines is 1. The number of hydrogen-bond donors (Lipinski definition) is 1. The number of nitrogens with zero attached hydrogens (tertiary/aromatic N) is 2. The number of rotatable bonds is 1. The summed E-state index contributed by atoms with van der Waals surface area (Å²) in [7, 11) is 0. The third-order valence-corrected chi connectivity index (χ3v) is 5.22. The zero-order valence-electron chi connectivity index (χ0n) is 14.3. The first kappa shape index (κ1) is 16.7. The van der Waals surface area contributed by atoms with Crippen molar-refractivity contribution in [2.75, 3.05) is 18.0 Å². The van der Waals surface area contributed by atoms with Crippen LogP contribution in [-0.4, -0.2) is 41.0 Å². The molecule has 2 fully saturated rings. The van der Waals surface area contributed by atoms with Crippen LogP contribution in [0, 0.1) is 11.2 Å². The molecule has 0 aromatic carbocycles. The van der Waals surface area contributed by atoms with Crippen molar-refractivity contribution < 1.29 is 14.2 Å². The first-order valence-corrected chi connectivity index (χ1v) is 8.49. The summed E-state index contributed by atoms with van der Waals surface area (Å²) in [6.07, 6.45) is 5.67. The van der Waals surface area contributed by atoms with Crippen molar-refractivity contribution in [3.8, 4) is 0 Å². The van der Waals surface area contributed by atoms with E-state index >= 15 is 0 Å². The molecule has 1 N–H and O–H groups in total. The van der Waals surface area contributed by atoms with Crippen molar-refractivity contribution in [2.45, 2.75) is 64.3 Å². The van der Waals surface area contributed by atoms with E-state index < -0.39 is 0 Å². The molecular weight excluding hydrogens is 295 g/mol. The van der Waals surface area contributed by atoms with E-state index in [-0.39, 0.29) is 29.0 Å². The minimum absolute atomic E-state index is 0.0166. The molecule has 0 radical (unpaired) electrons. The van der Waals surface area contributed by atoms with Gasteiger partial charge in [0.1, 0.15) is 0 Å². The fourth-order valence-electron chi connectivity index (χ4n) is 3.79. The molecule has 0 bridgehead atoms. The summed E-state index contributed by atoms with van der Waals surface area (Å²) in [6, 6.07) is 1.72. The maximum Gasteiger partial charge on any atom is 0.164 e. The molecular formula is C18H27FN2O2. The van der Waals surface area contributed by atoms with Gasteiger partial charge in [-0.05, 0) is 24.3 Å². The molecule has 2 aliphatic heterocycles. The van der Waals surface area contributed by atoms with Crippen LogP contribution >= 0.6 is 0 Å². The normalized spacial score (nSPS) is 28.1. The van der Waals surface area contributed by atoms with Crippen LogP contribution in [-0.2, 0) is 4.74 Å². The molecule has 2 saturated heterocycles. The van der Waals surface area contributed by atoms with Crippen LogP contribution in [0.15, 0.2) is 18.5 Å². The molecule has 2 aliphatic rings. The monoisotopic (exact) mass is 322 g/mol. The predicted molar refractivity (Wildman–Crippen MR) is 87.9 cm³/mol. The highest BCUT2D eigenvalue weighted by Gasteiger charge is 2.46. The van der Waals surface area contributed by atoms with Crippen molar-refractivity contribution in [3.05, 3.63) is 24.3 Å². The van der Waals surface area contributed by atoms with Crippen molar-refractivity contribution in [2.24, 2.45) is 5.41 Å². The molecule has 5 heteroatoms. The molecule has 2 atom stereocenters. The Kier molecular flexibility index (Phi) is 4.36. The van der Waals surface area contributed by atoms with Gasteiger partial charge in [-0.15, -0.1) is 0 Å². The Morgan fingerprint density at radius 2 is 2.04 bits per heavy atom. The van der Waals surface area contributed by atoms with Gasteiger partial charge >= 0.3 is 0 Å². The Morgan fingerprint density at radius 3 is 2.65 bits per heavy atom. The molecule has 3 heterocycles. The Bertz CT molecular complexity index is 550. The van der Waals surface area contributed by atoms with Crippen LogP contribution in [0.4, 0.5) is 10.1 Å². The van der Waals surface area contributed by atoms with Gasteiger partial charge in [0.05, 0.1) is 29.7 Å². The van der Waals surface area contributed by atoms with Crippen molar-refractivity contribution in [3.63, 3.8) is 0 Å². The van der Waals surface area contributed by atoms with E-state index in [9.17, 15) is 9.50 Å². The molecule has 0 amide bonds. The molecule has 3 rings (SSSR count). The lowest BCUT2D eigenvalue weighted by Crippen LogP contribution is -2.55. The van der Waals surface area contributed by atoms with E-state index in [0.29, 0.717) is 18.5 Å². The highest BCUT2D eigenvalue weighted by atomic mass is 19.1. The van der Waals surface area contributed by atoms with Gasteiger partial charge < -0.3 is 14.7 Å². The molecule has 0 saturated carbocycles. The average molecular weight is 322 g/mol. The summed E-state index contributed by atoms with van der Waals surface area (Å²) in [6.45, 7) is 7.95. The Hall–Kier alpha value is -1.20. The van der Waals surface area contributed by atoms with E-state index in [1.807, 2.05) is 0 Å². The minimum Gasteiger partial charge on any atom is -0.393 e. The molecule has 1 aromatic rings. The molecule has 1 spiro atoms. The molecule has 0 unspecified atom stereocenters. The van der Waals surface area contributed by atoms with Gasteiger partial charge in [0.15, 0.2) is 5.82 Å². The fraction of sp³-hybridized carbons (Fsp3) is 0.722. The highest BCUT2D eigenvalue weighted by molar-refractivity contribution is 5.46. The summed E-state index contributed by atoms with van der Waals surface area (Å²) in [4.78, 5) is 5.86. The summed E-state index contributed by atoms with van der Waals surface area (Å²) in [5.74, 6) is -0.277. The second kappa shape index (κ2) is 6.02. The van der Waals surface area contributed by atoms with E-state index in [4.69, 9.17) is 4.74 Å². The first-order chi connectivity index (χ1) is 10.8. The van der Waals surface area contributed by atoms with Gasteiger partial charge in [0, 0.05) is 32.1 Å². The second-order valence-corrected chi connectivity index (χ2v) is 8.06. The third kappa shape index (κ3) is 3.50. The zero-order valence-corrected chi connectivity index (χ0v) is 14.3. The number of aliphatic hydroxyl groups is 1. The van der Waals surface area contributed by atoms with Crippen molar-refractivity contribution in [1.29, 1.82) is 0 Å². The number of halogens is 1. The Labute approximate surface area is 137 Å². The molecule has 0 aliphatic carbocycles. The van der Waals surface area contributed by atoms with Gasteiger partial charge in [-0.3, -0.25) is 4.98 Å². The largest absolute Gasteiger partial charge is 0.393 e. The summed E-state index contributed by atoms with van der Waals surface area (Å²) >= 11 is 0. The maximum atomic E-state index is 13.9. The minimum atomic E-state index is -0.308. The van der Waals surface area contributed by atoms with Gasteiger partial charge in [-0.1, -0.05) is 20.8 Å². The molecule has 23 heavy (non-hydrogen) atoms. The topological polar surface area (TPSA) is 45.6 Å². The summed E-state index contributed by atoms with van der Waals surface area (Å²) < 4.78 is 20.4. The van der Waals surface area contributed by atoms with Crippen molar-refractivity contribution >= 4 is 5.69 Å². The number of hydrogen-bond acceptors (Lipinski definition) is 4. The van der Waals surface area contributed by atoms with E-state index in [1.165, 1.54) is 6.20 Å². The van der Waals surface area contributed by atoms with E-state index in [2.05, 4.69) is 30.7 Å². The van der Waals surface area contributed by atoms with Crippen LogP contribution in [0.5, 0.6) is 0 Å². The van der Waals surface area contributed by atoms with Crippen LogP contribution < -0.4 is 4.90 Å². The van der Waals surface area contributed by atoms with Gasteiger partial charge in [-0.2, -0.15) is 0 Å². The second-order valence-electron chi connectivity index (χ2n) is 8.06. The predicted octanol–water partition coefficient (Wildman–Crippen LogP) is 3.15. The van der Waals surface area contributed by atoms with Gasteiger partial charge in [0.25, 0.3) is 0 Å². The summed E-state index contributed by atoms with van der Waals surface area (Å²) in [5.41, 5.74) is 0.358. The molecule has 128 valence electrons. The fourth-order valence-corrected chi connectivity index (χ4v) is 3.79. The SMILES string of the molecule is CC(C)(C)[C@H]1C[C@@H](O)CC2(CCN(c3ccncc3F)CC2)O1. The lowest BCUT2D eigenvalue weighted by molar-refractivity contribution is -0.199. The van der Waals surface area contributed by atoms with Crippen molar-refractivity contribution in [1.82, 2.24) is 4.98 Å². The van der Waals surface area contributed by atoms with Gasteiger partial charge in [-0.25, -0.2) is 4.39 Å². The first-order valence-electron chi connectivity index (χ1n) is 8.49. The highest BCUT2D eigenvalue weighted by Crippen LogP contribution is 2.43. The Morgan fingerprint density at radius 1 is 1.35 bits per heavy atom. The number of pyridine rings is 1. The third-order valence-electron chi connectivity index (χ3n) is 5.22. The lowest BCUT2D eigenvalue weighted by Gasteiger charge is -2.51. The Balaban J connectivity index is 1.71. The average Bonchev–Trinajstić information content (AvgIpc) is 2.47. The van der Waals surface area contributed by atoms with Crippen LogP contribution in [0.1, 0.15) is 46.5 Å². The van der Waals surface area contributed by atoms with Crippen LogP contribution in [0.3, 0.4) is 0 Å². The number of aromatic nitrogens is 1. The summed E-state index contributed by atoms with van der Waals surface area (Å²) in [5, 5.41) is 10.3. The van der Waals surface area contributed by atoms with Crippen LogP contribution in [0.25, 0.3) is 0 Å². The standard InChI is InChI=1S/C18H27FN2O2/c1-17(2,3)16-10-13(22)11-18(23-16)5-8-21(9-6-18)15-4-7-20-12-14(15)19/h4,7,12-13,16,22H,5-6,8-11H2,1-3H3/t13-,16-/m1/s1. The number of aliphatic hydroxyl groups excluding tert-OH is 1. The zero-order chi connectivity index (χ0) is 16.7. The van der Waals surface area contributed by atoms with E-state index in [1.54, 1.807) is 12.3 Å². The lowest BCUT2D eigenvalue weighted by atomic mass is 9.76. The quantitative estimate of drug-likeness (QED) is 0.863.